The number of ketones is 1. The van der Waals surface area contributed by atoms with E-state index in [1.165, 1.54) is 0 Å². The van der Waals surface area contributed by atoms with Crippen LogP contribution in [0.3, 0.4) is 0 Å². The number of benzene rings is 3. The standard InChI is InChI=1S/C25H23NO3/c1-18(23(27)20-12-6-3-7-13-20)25(29)21-14-8-9-15-22(21)26(24(25)28)17-16-19-10-4-2-5-11-19/h2-15,18,29H,16-17H2,1H3/t18-,25+/m1/s1. The molecule has 0 bridgehead atoms. The van der Waals surface area contributed by atoms with Gasteiger partial charge in [-0.05, 0) is 18.1 Å². The van der Waals surface area contributed by atoms with Gasteiger partial charge in [-0.3, -0.25) is 9.59 Å². The first kappa shape index (κ1) is 19.1. The first-order valence-corrected chi connectivity index (χ1v) is 9.80. The van der Waals surface area contributed by atoms with E-state index in [9.17, 15) is 14.7 Å². The van der Waals surface area contributed by atoms with Crippen LogP contribution in [0.15, 0.2) is 84.9 Å². The molecule has 0 aromatic heterocycles. The van der Waals surface area contributed by atoms with E-state index in [2.05, 4.69) is 0 Å². The lowest BCUT2D eigenvalue weighted by Gasteiger charge is -2.28. The number of para-hydroxylation sites is 1. The molecule has 0 aliphatic carbocycles. The van der Waals surface area contributed by atoms with E-state index < -0.39 is 17.4 Å². The van der Waals surface area contributed by atoms with Crippen molar-refractivity contribution in [1.82, 2.24) is 0 Å². The highest BCUT2D eigenvalue weighted by molar-refractivity contribution is 6.11. The minimum atomic E-state index is -1.87. The lowest BCUT2D eigenvalue weighted by molar-refractivity contribution is -0.139. The van der Waals surface area contributed by atoms with E-state index in [1.807, 2.05) is 48.5 Å². The largest absolute Gasteiger partial charge is 0.375 e. The quantitative estimate of drug-likeness (QED) is 0.653. The molecule has 3 aromatic carbocycles. The zero-order valence-corrected chi connectivity index (χ0v) is 16.3. The molecule has 0 saturated heterocycles. The van der Waals surface area contributed by atoms with Gasteiger partial charge >= 0.3 is 0 Å². The van der Waals surface area contributed by atoms with E-state index in [1.54, 1.807) is 48.2 Å². The van der Waals surface area contributed by atoms with Gasteiger partial charge in [0.2, 0.25) is 0 Å². The molecule has 1 aliphatic heterocycles. The fourth-order valence-electron chi connectivity index (χ4n) is 4.03. The summed E-state index contributed by atoms with van der Waals surface area (Å²) in [6.07, 6.45) is 0.665. The second kappa shape index (κ2) is 7.64. The average Bonchev–Trinajstić information content (AvgIpc) is 3.00. The lowest BCUT2D eigenvalue weighted by atomic mass is 9.79. The van der Waals surface area contributed by atoms with Crippen LogP contribution < -0.4 is 4.90 Å². The number of aliphatic hydroxyl groups is 1. The summed E-state index contributed by atoms with van der Waals surface area (Å²) in [5.41, 5.74) is 0.891. The molecule has 146 valence electrons. The Balaban J connectivity index is 1.67. The molecule has 0 fully saturated rings. The summed E-state index contributed by atoms with van der Waals surface area (Å²) in [7, 11) is 0. The van der Waals surface area contributed by atoms with E-state index in [4.69, 9.17) is 0 Å². The normalized spacial score (nSPS) is 19.1. The maximum Gasteiger partial charge on any atom is 0.264 e. The zero-order valence-electron chi connectivity index (χ0n) is 16.3. The first-order valence-electron chi connectivity index (χ1n) is 9.80. The highest BCUT2D eigenvalue weighted by atomic mass is 16.3. The van der Waals surface area contributed by atoms with Gasteiger partial charge in [-0.2, -0.15) is 0 Å². The van der Waals surface area contributed by atoms with Crippen molar-refractivity contribution in [2.45, 2.75) is 18.9 Å². The van der Waals surface area contributed by atoms with Crippen molar-refractivity contribution >= 4 is 17.4 Å². The summed E-state index contributed by atoms with van der Waals surface area (Å²) in [6, 6.07) is 25.9. The fraction of sp³-hybridized carbons (Fsp3) is 0.200. The summed E-state index contributed by atoms with van der Waals surface area (Å²) < 4.78 is 0. The van der Waals surface area contributed by atoms with Crippen LogP contribution in [0, 0.1) is 5.92 Å². The molecule has 0 unspecified atom stereocenters. The van der Waals surface area contributed by atoms with Crippen molar-refractivity contribution in [3.05, 3.63) is 102 Å². The molecule has 1 aliphatic rings. The molecule has 4 nitrogen and oxygen atoms in total. The third kappa shape index (κ3) is 3.26. The molecule has 4 heteroatoms. The summed E-state index contributed by atoms with van der Waals surface area (Å²) >= 11 is 0. The van der Waals surface area contributed by atoms with Crippen molar-refractivity contribution in [2.75, 3.05) is 11.4 Å². The molecule has 1 amide bonds. The van der Waals surface area contributed by atoms with Gasteiger partial charge in [0, 0.05) is 17.7 Å². The van der Waals surface area contributed by atoms with Gasteiger partial charge in [-0.25, -0.2) is 0 Å². The molecule has 0 spiro atoms. The molecule has 4 rings (SSSR count). The number of nitrogens with zero attached hydrogens (tertiary/aromatic N) is 1. The Morgan fingerprint density at radius 1 is 0.931 bits per heavy atom. The van der Waals surface area contributed by atoms with E-state index in [-0.39, 0.29) is 5.78 Å². The number of anilines is 1. The fourth-order valence-corrected chi connectivity index (χ4v) is 4.03. The Bertz CT molecular complexity index is 1030. The van der Waals surface area contributed by atoms with E-state index in [0.717, 1.165) is 5.56 Å². The predicted octanol–water partition coefficient (Wildman–Crippen LogP) is 3.98. The second-order valence-electron chi connectivity index (χ2n) is 7.43. The molecular weight excluding hydrogens is 362 g/mol. The number of fused-ring (bicyclic) bond motifs is 1. The Labute approximate surface area is 170 Å². The van der Waals surface area contributed by atoms with Crippen molar-refractivity contribution in [2.24, 2.45) is 5.92 Å². The zero-order chi connectivity index (χ0) is 20.4. The van der Waals surface area contributed by atoms with Crippen LogP contribution in [-0.2, 0) is 16.8 Å². The second-order valence-corrected chi connectivity index (χ2v) is 7.43. The van der Waals surface area contributed by atoms with Gasteiger partial charge in [0.1, 0.15) is 0 Å². The Hall–Kier alpha value is -3.24. The summed E-state index contributed by atoms with van der Waals surface area (Å²) in [4.78, 5) is 28.1. The third-order valence-corrected chi connectivity index (χ3v) is 5.72. The molecule has 29 heavy (non-hydrogen) atoms. The smallest absolute Gasteiger partial charge is 0.264 e. The molecule has 1 heterocycles. The van der Waals surface area contributed by atoms with Crippen molar-refractivity contribution in [1.29, 1.82) is 0 Å². The van der Waals surface area contributed by atoms with Crippen LogP contribution in [-0.4, -0.2) is 23.3 Å². The van der Waals surface area contributed by atoms with Gasteiger partial charge < -0.3 is 10.0 Å². The van der Waals surface area contributed by atoms with Gasteiger partial charge in [-0.15, -0.1) is 0 Å². The maximum atomic E-state index is 13.4. The predicted molar refractivity (Wildman–Crippen MR) is 113 cm³/mol. The number of amides is 1. The number of Topliss-reactive ketones (excluding diaryl/α,β-unsaturated/α-hetero) is 1. The molecule has 1 N–H and O–H groups in total. The summed E-state index contributed by atoms with van der Waals surface area (Å²) in [6.45, 7) is 2.07. The van der Waals surface area contributed by atoms with E-state index >= 15 is 0 Å². The molecule has 0 radical (unpaired) electrons. The monoisotopic (exact) mass is 385 g/mol. The van der Waals surface area contributed by atoms with Crippen molar-refractivity contribution in [3.63, 3.8) is 0 Å². The first-order chi connectivity index (χ1) is 14.0. The number of hydrogen-bond acceptors (Lipinski definition) is 3. The molecular formula is C25H23NO3. The molecule has 3 aromatic rings. The van der Waals surface area contributed by atoms with Crippen LogP contribution in [0.2, 0.25) is 0 Å². The number of hydrogen-bond donors (Lipinski definition) is 1. The van der Waals surface area contributed by atoms with Crippen molar-refractivity contribution in [3.8, 4) is 0 Å². The molecule has 0 saturated carbocycles. The topological polar surface area (TPSA) is 57.6 Å². The summed E-state index contributed by atoms with van der Waals surface area (Å²) in [5, 5.41) is 11.6. The van der Waals surface area contributed by atoms with Gasteiger partial charge in [0.15, 0.2) is 11.4 Å². The van der Waals surface area contributed by atoms with Crippen LogP contribution in [0.5, 0.6) is 0 Å². The number of carbonyl (C=O) groups is 2. The Morgan fingerprint density at radius 3 is 2.21 bits per heavy atom. The SMILES string of the molecule is C[C@H](C(=O)c1ccccc1)[C@@]1(O)C(=O)N(CCc2ccccc2)c2ccccc21. The van der Waals surface area contributed by atoms with Gasteiger partial charge in [-0.1, -0.05) is 85.8 Å². The van der Waals surface area contributed by atoms with Crippen LogP contribution in [0.25, 0.3) is 0 Å². The summed E-state index contributed by atoms with van der Waals surface area (Å²) in [5.74, 6) is -1.59. The number of rotatable bonds is 6. The van der Waals surface area contributed by atoms with Gasteiger partial charge in [0.05, 0.1) is 11.6 Å². The highest BCUT2D eigenvalue weighted by Gasteiger charge is 2.55. The van der Waals surface area contributed by atoms with Gasteiger partial charge in [0.25, 0.3) is 5.91 Å². The lowest BCUT2D eigenvalue weighted by Crippen LogP contribution is -2.47. The minimum absolute atomic E-state index is 0.249. The van der Waals surface area contributed by atoms with Crippen LogP contribution >= 0.6 is 0 Å². The average molecular weight is 385 g/mol. The minimum Gasteiger partial charge on any atom is -0.375 e. The maximum absolute atomic E-state index is 13.4. The van der Waals surface area contributed by atoms with Crippen LogP contribution in [0.4, 0.5) is 5.69 Å². The van der Waals surface area contributed by atoms with Crippen molar-refractivity contribution < 1.29 is 14.7 Å². The van der Waals surface area contributed by atoms with E-state index in [0.29, 0.717) is 29.8 Å². The van der Waals surface area contributed by atoms with Crippen LogP contribution in [0.1, 0.15) is 28.4 Å². The number of carbonyl (C=O) groups excluding carboxylic acids is 2. The third-order valence-electron chi connectivity index (χ3n) is 5.72. The Morgan fingerprint density at radius 2 is 1.52 bits per heavy atom. The Kier molecular flexibility index (Phi) is 5.03. The highest BCUT2D eigenvalue weighted by Crippen LogP contribution is 2.45. The molecule has 2 atom stereocenters.